The van der Waals surface area contributed by atoms with Crippen molar-refractivity contribution in [2.24, 2.45) is 35.0 Å². The smallest absolute Gasteiger partial charge is 0.0986 e. The lowest BCUT2D eigenvalue weighted by molar-refractivity contribution is -0.139. The molecule has 2 aliphatic carbocycles. The van der Waals surface area contributed by atoms with E-state index in [0.717, 1.165) is 12.8 Å². The first-order valence-corrected chi connectivity index (χ1v) is 7.42. The van der Waals surface area contributed by atoms with Gasteiger partial charge in [0.05, 0.1) is 12.2 Å². The van der Waals surface area contributed by atoms with Gasteiger partial charge >= 0.3 is 0 Å². The molecule has 4 N–H and O–H groups in total. The number of fused-ring (bicyclic) bond motifs is 2. The Morgan fingerprint density at radius 3 is 2.11 bits per heavy atom. The first-order chi connectivity index (χ1) is 8.87. The van der Waals surface area contributed by atoms with Gasteiger partial charge in [0, 0.05) is 24.5 Å². The van der Waals surface area contributed by atoms with Gasteiger partial charge in [-0.3, -0.25) is 0 Å². The molecule has 0 radical (unpaired) electrons. The fourth-order valence-corrected chi connectivity index (χ4v) is 5.10. The van der Waals surface area contributed by atoms with Crippen LogP contribution in [0.3, 0.4) is 0 Å². The Hall–Kier alpha value is -0.160. The highest BCUT2D eigenvalue weighted by Crippen LogP contribution is 2.65. The molecule has 0 heterocycles. The van der Waals surface area contributed by atoms with Crippen LogP contribution in [0.25, 0.3) is 0 Å². The molecule has 6 atom stereocenters. The van der Waals surface area contributed by atoms with Crippen LogP contribution in [-0.2, 0) is 0 Å². The molecule has 0 aliphatic heterocycles. The predicted molar refractivity (Wildman–Crippen MR) is 72.3 cm³/mol. The molecule has 0 aromatic heterocycles. The van der Waals surface area contributed by atoms with Crippen molar-refractivity contribution in [3.63, 3.8) is 0 Å². The molecule has 2 fully saturated rings. The van der Waals surface area contributed by atoms with Crippen molar-refractivity contribution >= 4 is 0 Å². The normalized spacial score (nSPS) is 49.9. The number of hydrogen-bond acceptors (Lipinski definition) is 4. The molecule has 2 bridgehead atoms. The lowest BCUT2D eigenvalue weighted by Crippen LogP contribution is -2.52. The molecule has 2 saturated carbocycles. The average molecular weight is 272 g/mol. The van der Waals surface area contributed by atoms with Crippen LogP contribution in [0.15, 0.2) is 0 Å². The molecule has 0 saturated heterocycles. The van der Waals surface area contributed by atoms with Crippen LogP contribution in [0.2, 0.25) is 0 Å². The van der Waals surface area contributed by atoms with E-state index < -0.39 is 11.0 Å². The SMILES string of the molecule is CC(C)C1CCC2(C)C(CO)C1C(CO)C2(O)CO. The summed E-state index contributed by atoms with van der Waals surface area (Å²) in [5.74, 6) is 0.560. The van der Waals surface area contributed by atoms with Gasteiger partial charge in [0.15, 0.2) is 0 Å². The maximum absolute atomic E-state index is 11.0. The maximum Gasteiger partial charge on any atom is 0.0986 e. The summed E-state index contributed by atoms with van der Waals surface area (Å²) in [6.07, 6.45) is 1.79. The topological polar surface area (TPSA) is 80.9 Å². The van der Waals surface area contributed by atoms with Crippen molar-refractivity contribution < 1.29 is 20.4 Å². The first-order valence-electron chi connectivity index (χ1n) is 7.42. The number of hydrogen-bond donors (Lipinski definition) is 4. The molecule has 2 aliphatic rings. The largest absolute Gasteiger partial charge is 0.396 e. The maximum atomic E-state index is 11.0. The second-order valence-electron chi connectivity index (χ2n) is 7.10. The van der Waals surface area contributed by atoms with Gasteiger partial charge in [-0.25, -0.2) is 0 Å². The Morgan fingerprint density at radius 1 is 1.11 bits per heavy atom. The quantitative estimate of drug-likeness (QED) is 0.605. The van der Waals surface area contributed by atoms with Gasteiger partial charge in [0.2, 0.25) is 0 Å². The van der Waals surface area contributed by atoms with Gasteiger partial charge < -0.3 is 20.4 Å². The molecule has 2 rings (SSSR count). The van der Waals surface area contributed by atoms with Crippen LogP contribution in [0.5, 0.6) is 0 Å². The fourth-order valence-electron chi connectivity index (χ4n) is 5.10. The number of aliphatic hydroxyl groups excluding tert-OH is 3. The minimum absolute atomic E-state index is 0.0171. The van der Waals surface area contributed by atoms with E-state index in [1.165, 1.54) is 0 Å². The molecule has 0 amide bonds. The Labute approximate surface area is 115 Å². The van der Waals surface area contributed by atoms with Crippen LogP contribution in [0.4, 0.5) is 0 Å². The lowest BCUT2D eigenvalue weighted by atomic mass is 9.60. The van der Waals surface area contributed by atoms with Crippen molar-refractivity contribution in [2.45, 2.75) is 39.2 Å². The van der Waals surface area contributed by atoms with Gasteiger partial charge in [-0.2, -0.15) is 0 Å². The molecule has 4 nitrogen and oxygen atoms in total. The third-order valence-corrected chi connectivity index (χ3v) is 6.33. The Kier molecular flexibility index (Phi) is 4.00. The summed E-state index contributed by atoms with van der Waals surface area (Å²) in [6.45, 7) is 5.83. The molecular weight excluding hydrogens is 244 g/mol. The first kappa shape index (κ1) is 15.2. The third-order valence-electron chi connectivity index (χ3n) is 6.33. The summed E-state index contributed by atoms with van der Waals surface area (Å²) in [4.78, 5) is 0. The van der Waals surface area contributed by atoms with E-state index in [-0.39, 0.29) is 37.6 Å². The van der Waals surface area contributed by atoms with Crippen molar-refractivity contribution in [1.29, 1.82) is 0 Å². The summed E-state index contributed by atoms with van der Waals surface area (Å²) >= 11 is 0. The van der Waals surface area contributed by atoms with Gasteiger partial charge in [0.25, 0.3) is 0 Å². The second-order valence-corrected chi connectivity index (χ2v) is 7.10. The number of aliphatic hydroxyl groups is 4. The van der Waals surface area contributed by atoms with Crippen molar-refractivity contribution in [2.75, 3.05) is 19.8 Å². The number of rotatable bonds is 4. The molecule has 0 spiro atoms. The highest BCUT2D eigenvalue weighted by Gasteiger charge is 2.68. The Bertz CT molecular complexity index is 330. The summed E-state index contributed by atoms with van der Waals surface area (Å²) in [5.41, 5.74) is -1.77. The summed E-state index contributed by atoms with van der Waals surface area (Å²) in [7, 11) is 0. The van der Waals surface area contributed by atoms with E-state index >= 15 is 0 Å². The minimum atomic E-state index is -1.27. The highest BCUT2D eigenvalue weighted by molar-refractivity contribution is 5.17. The minimum Gasteiger partial charge on any atom is -0.396 e. The Balaban J connectivity index is 2.49. The van der Waals surface area contributed by atoms with E-state index in [4.69, 9.17) is 0 Å². The molecular formula is C15H28O4. The van der Waals surface area contributed by atoms with Crippen molar-refractivity contribution in [3.8, 4) is 0 Å². The third kappa shape index (κ3) is 1.80. The van der Waals surface area contributed by atoms with E-state index in [1.54, 1.807) is 0 Å². The standard InChI is InChI=1S/C15H28O4/c1-9(2)10-4-5-14(3)11(6-16)13(10)12(7-17)15(14,19)8-18/h9-13,16-19H,4-8H2,1-3H3. The monoisotopic (exact) mass is 272 g/mol. The zero-order valence-electron chi connectivity index (χ0n) is 12.2. The van der Waals surface area contributed by atoms with Crippen LogP contribution >= 0.6 is 0 Å². The summed E-state index contributed by atoms with van der Waals surface area (Å²) in [6, 6.07) is 0. The average Bonchev–Trinajstić information content (AvgIpc) is 2.49. The van der Waals surface area contributed by atoms with Crippen LogP contribution < -0.4 is 0 Å². The molecule has 6 unspecified atom stereocenters. The molecule has 19 heavy (non-hydrogen) atoms. The predicted octanol–water partition coefficient (Wildman–Crippen LogP) is 0.629. The van der Waals surface area contributed by atoms with Crippen molar-refractivity contribution in [3.05, 3.63) is 0 Å². The zero-order valence-corrected chi connectivity index (χ0v) is 12.2. The van der Waals surface area contributed by atoms with Crippen LogP contribution in [0, 0.1) is 35.0 Å². The van der Waals surface area contributed by atoms with Crippen LogP contribution in [-0.4, -0.2) is 45.8 Å². The van der Waals surface area contributed by atoms with E-state index in [9.17, 15) is 20.4 Å². The molecule has 112 valence electrons. The second kappa shape index (κ2) is 4.99. The Morgan fingerprint density at radius 2 is 1.68 bits per heavy atom. The van der Waals surface area contributed by atoms with Gasteiger partial charge in [-0.1, -0.05) is 20.8 Å². The van der Waals surface area contributed by atoms with Gasteiger partial charge in [-0.05, 0) is 36.5 Å². The molecule has 0 aromatic rings. The van der Waals surface area contributed by atoms with E-state index in [2.05, 4.69) is 13.8 Å². The molecule has 0 aromatic carbocycles. The van der Waals surface area contributed by atoms with Crippen molar-refractivity contribution in [1.82, 2.24) is 0 Å². The van der Waals surface area contributed by atoms with Gasteiger partial charge in [-0.15, -0.1) is 0 Å². The molecule has 4 heteroatoms. The summed E-state index contributed by atoms with van der Waals surface area (Å²) < 4.78 is 0. The fraction of sp³-hybridized carbons (Fsp3) is 1.00. The summed E-state index contributed by atoms with van der Waals surface area (Å²) in [5, 5.41) is 40.3. The van der Waals surface area contributed by atoms with Gasteiger partial charge in [0.1, 0.15) is 0 Å². The van der Waals surface area contributed by atoms with E-state index in [1.807, 2.05) is 6.92 Å². The zero-order chi connectivity index (χ0) is 14.4. The van der Waals surface area contributed by atoms with E-state index in [0.29, 0.717) is 11.8 Å². The highest BCUT2D eigenvalue weighted by atomic mass is 16.3. The van der Waals surface area contributed by atoms with Crippen LogP contribution in [0.1, 0.15) is 33.6 Å². The lowest BCUT2D eigenvalue weighted by Gasteiger charge is -2.46.